The highest BCUT2D eigenvalue weighted by Gasteiger charge is 2.40. The topological polar surface area (TPSA) is 9.23 Å². The summed E-state index contributed by atoms with van der Waals surface area (Å²) >= 11 is 9.85. The Bertz CT molecular complexity index is 249. The van der Waals surface area contributed by atoms with E-state index in [4.69, 9.17) is 16.3 Å². The Morgan fingerprint density at radius 1 is 1.62 bits per heavy atom. The number of alkyl halides is 2. The number of hydrogen-bond donors (Lipinski definition) is 0. The highest BCUT2D eigenvalue weighted by Crippen LogP contribution is 2.43. The van der Waals surface area contributed by atoms with E-state index in [2.05, 4.69) is 35.9 Å². The van der Waals surface area contributed by atoms with Crippen LogP contribution in [0.5, 0.6) is 0 Å². The molecular weight excluding hydrogens is 251 g/mol. The molecule has 0 saturated carbocycles. The smallest absolute Gasteiger partial charge is 0.0812 e. The van der Waals surface area contributed by atoms with Crippen molar-refractivity contribution in [3.63, 3.8) is 0 Å². The fourth-order valence-electron chi connectivity index (χ4n) is 1.99. The van der Waals surface area contributed by atoms with Gasteiger partial charge in [-0.2, -0.15) is 0 Å². The van der Waals surface area contributed by atoms with Crippen molar-refractivity contribution >= 4 is 27.5 Å². The van der Waals surface area contributed by atoms with E-state index < -0.39 is 0 Å². The molecule has 1 heterocycles. The number of ether oxygens (including phenoxy) is 1. The van der Waals surface area contributed by atoms with Crippen molar-refractivity contribution in [1.82, 2.24) is 0 Å². The minimum absolute atomic E-state index is 0.101. The Morgan fingerprint density at radius 3 is 3.00 bits per heavy atom. The van der Waals surface area contributed by atoms with Crippen LogP contribution in [-0.4, -0.2) is 22.9 Å². The third-order valence-electron chi connectivity index (χ3n) is 2.94. The molecule has 74 valence electrons. The van der Waals surface area contributed by atoms with Gasteiger partial charge in [0.05, 0.1) is 18.1 Å². The Labute approximate surface area is 92.6 Å². The number of fused-ring (bicyclic) bond motifs is 1. The molecule has 0 aromatic carbocycles. The third kappa shape index (κ3) is 1.69. The monoisotopic (exact) mass is 264 g/mol. The van der Waals surface area contributed by atoms with E-state index in [1.165, 1.54) is 5.57 Å². The molecule has 0 bridgehead atoms. The maximum atomic E-state index is 6.15. The first-order valence-electron chi connectivity index (χ1n) is 4.63. The molecule has 2 aliphatic rings. The van der Waals surface area contributed by atoms with E-state index in [9.17, 15) is 0 Å². The number of allylic oxidation sites excluding steroid dienone is 1. The molecule has 1 aliphatic heterocycles. The van der Waals surface area contributed by atoms with E-state index in [1.54, 1.807) is 0 Å². The zero-order valence-corrected chi connectivity index (χ0v) is 10.2. The van der Waals surface area contributed by atoms with Gasteiger partial charge in [-0.05, 0) is 17.4 Å². The zero-order chi connectivity index (χ0) is 9.64. The minimum atomic E-state index is 0.101. The lowest BCUT2D eigenvalue weighted by Gasteiger charge is -2.35. The molecule has 0 radical (unpaired) electrons. The van der Waals surface area contributed by atoms with Crippen LogP contribution in [-0.2, 0) is 4.74 Å². The molecule has 0 aromatic rings. The molecule has 1 aliphatic carbocycles. The summed E-state index contributed by atoms with van der Waals surface area (Å²) < 4.78 is 5.60. The highest BCUT2D eigenvalue weighted by atomic mass is 79.9. The van der Waals surface area contributed by atoms with Gasteiger partial charge in [0, 0.05) is 4.83 Å². The Morgan fingerprint density at radius 2 is 2.31 bits per heavy atom. The summed E-state index contributed by atoms with van der Waals surface area (Å²) in [5, 5.41) is 0.101. The SMILES string of the molecule is CC1(C)C=C2C(Cl)COC2CC1Br. The van der Waals surface area contributed by atoms with Crippen LogP contribution < -0.4 is 0 Å². The standard InChI is InChI=1S/C10H14BrClO/c1-10(2)4-6-7(12)5-13-8(6)3-9(10)11/h4,7-9H,3,5H2,1-2H3. The normalized spacial score (nSPS) is 42.8. The van der Waals surface area contributed by atoms with Crippen LogP contribution >= 0.6 is 27.5 Å². The fourth-order valence-corrected chi connectivity index (χ4v) is 2.74. The summed E-state index contributed by atoms with van der Waals surface area (Å²) in [4.78, 5) is 0.496. The molecule has 1 nitrogen and oxygen atoms in total. The van der Waals surface area contributed by atoms with Crippen LogP contribution in [0.3, 0.4) is 0 Å². The second-order valence-corrected chi connectivity index (χ2v) is 6.09. The van der Waals surface area contributed by atoms with Gasteiger partial charge in [-0.15, -0.1) is 11.6 Å². The van der Waals surface area contributed by atoms with Crippen LogP contribution in [0.4, 0.5) is 0 Å². The maximum absolute atomic E-state index is 6.15. The number of rotatable bonds is 0. The lowest BCUT2D eigenvalue weighted by molar-refractivity contribution is 0.107. The predicted octanol–water partition coefficient (Wildman–Crippen LogP) is 3.11. The summed E-state index contributed by atoms with van der Waals surface area (Å²) in [7, 11) is 0. The summed E-state index contributed by atoms with van der Waals surface area (Å²) in [6, 6.07) is 0. The van der Waals surface area contributed by atoms with E-state index >= 15 is 0 Å². The molecule has 0 aromatic heterocycles. The highest BCUT2D eigenvalue weighted by molar-refractivity contribution is 9.09. The van der Waals surface area contributed by atoms with Gasteiger partial charge in [0.25, 0.3) is 0 Å². The Hall–Kier alpha value is 0.470. The molecule has 0 amide bonds. The van der Waals surface area contributed by atoms with Crippen molar-refractivity contribution in [2.45, 2.75) is 36.6 Å². The first-order valence-corrected chi connectivity index (χ1v) is 5.98. The van der Waals surface area contributed by atoms with Gasteiger partial charge in [0.2, 0.25) is 0 Å². The fraction of sp³-hybridized carbons (Fsp3) is 0.800. The lowest BCUT2D eigenvalue weighted by atomic mass is 9.78. The van der Waals surface area contributed by atoms with Crippen molar-refractivity contribution in [3.8, 4) is 0 Å². The van der Waals surface area contributed by atoms with Crippen LogP contribution in [0.1, 0.15) is 20.3 Å². The molecule has 1 fully saturated rings. The first kappa shape index (κ1) is 10.0. The van der Waals surface area contributed by atoms with Gasteiger partial charge in [-0.3, -0.25) is 0 Å². The van der Waals surface area contributed by atoms with E-state index in [0.29, 0.717) is 11.4 Å². The summed E-state index contributed by atoms with van der Waals surface area (Å²) in [5.41, 5.74) is 1.49. The molecule has 3 atom stereocenters. The molecule has 1 saturated heterocycles. The third-order valence-corrected chi connectivity index (χ3v) is 4.88. The Balaban J connectivity index is 2.31. The lowest BCUT2D eigenvalue weighted by Crippen LogP contribution is -2.33. The summed E-state index contributed by atoms with van der Waals surface area (Å²) in [6.45, 7) is 5.14. The van der Waals surface area contributed by atoms with Gasteiger partial charge < -0.3 is 4.74 Å². The molecule has 2 rings (SSSR count). The quantitative estimate of drug-likeness (QED) is 0.483. The van der Waals surface area contributed by atoms with Crippen LogP contribution in [0.15, 0.2) is 11.6 Å². The van der Waals surface area contributed by atoms with E-state index in [0.717, 1.165) is 6.42 Å². The van der Waals surface area contributed by atoms with Gasteiger partial charge in [-0.1, -0.05) is 35.9 Å². The maximum Gasteiger partial charge on any atom is 0.0812 e. The van der Waals surface area contributed by atoms with Crippen molar-refractivity contribution in [1.29, 1.82) is 0 Å². The van der Waals surface area contributed by atoms with Gasteiger partial charge in [-0.25, -0.2) is 0 Å². The molecule has 3 unspecified atom stereocenters. The van der Waals surface area contributed by atoms with Crippen molar-refractivity contribution in [3.05, 3.63) is 11.6 Å². The average Bonchev–Trinajstić information content (AvgIpc) is 2.34. The van der Waals surface area contributed by atoms with E-state index in [-0.39, 0.29) is 16.9 Å². The van der Waals surface area contributed by atoms with Crippen LogP contribution in [0, 0.1) is 5.41 Å². The number of halogens is 2. The van der Waals surface area contributed by atoms with Crippen LogP contribution in [0.2, 0.25) is 0 Å². The van der Waals surface area contributed by atoms with Gasteiger partial charge in [0.15, 0.2) is 0 Å². The van der Waals surface area contributed by atoms with Crippen molar-refractivity contribution in [2.24, 2.45) is 5.41 Å². The van der Waals surface area contributed by atoms with Gasteiger partial charge >= 0.3 is 0 Å². The molecule has 0 N–H and O–H groups in total. The van der Waals surface area contributed by atoms with E-state index in [1.807, 2.05) is 0 Å². The first-order chi connectivity index (χ1) is 6.00. The summed E-state index contributed by atoms with van der Waals surface area (Å²) in [6.07, 6.45) is 3.59. The largest absolute Gasteiger partial charge is 0.372 e. The molecular formula is C10H14BrClO. The Kier molecular flexibility index (Phi) is 2.50. The van der Waals surface area contributed by atoms with Crippen molar-refractivity contribution < 1.29 is 4.74 Å². The molecule has 0 spiro atoms. The zero-order valence-electron chi connectivity index (χ0n) is 7.89. The average molecular weight is 266 g/mol. The second-order valence-electron chi connectivity index (χ2n) is 4.46. The van der Waals surface area contributed by atoms with Crippen LogP contribution in [0.25, 0.3) is 0 Å². The minimum Gasteiger partial charge on any atom is -0.372 e. The molecule has 3 heteroatoms. The van der Waals surface area contributed by atoms with Gasteiger partial charge in [0.1, 0.15) is 0 Å². The predicted molar refractivity (Wildman–Crippen MR) is 58.6 cm³/mol. The van der Waals surface area contributed by atoms with Crippen molar-refractivity contribution in [2.75, 3.05) is 6.61 Å². The second kappa shape index (κ2) is 3.25. The molecule has 13 heavy (non-hydrogen) atoms. The summed E-state index contributed by atoms with van der Waals surface area (Å²) in [5.74, 6) is 0. The number of hydrogen-bond acceptors (Lipinski definition) is 1.